The molecule has 3 N–H and O–H groups in total. The molecule has 0 spiro atoms. The van der Waals surface area contributed by atoms with Crippen molar-refractivity contribution in [2.45, 2.75) is 13.8 Å². The molecule has 0 unspecified atom stereocenters. The van der Waals surface area contributed by atoms with Crippen LogP contribution in [0.4, 0.5) is 0 Å². The van der Waals surface area contributed by atoms with E-state index in [4.69, 9.17) is 0 Å². The fourth-order valence-electron chi connectivity index (χ4n) is 2.71. The molecule has 0 radical (unpaired) electrons. The Balaban J connectivity index is 1.58. The summed E-state index contributed by atoms with van der Waals surface area (Å²) in [5.74, 6) is -0.425. The summed E-state index contributed by atoms with van der Waals surface area (Å²) >= 11 is 0. The van der Waals surface area contributed by atoms with Gasteiger partial charge in [-0.1, -0.05) is 18.2 Å². The monoisotopic (exact) mass is 336 g/mol. The van der Waals surface area contributed by atoms with Crippen LogP contribution in [0.3, 0.4) is 0 Å². The van der Waals surface area contributed by atoms with Gasteiger partial charge in [0.2, 0.25) is 0 Å². The number of carbonyl (C=O) groups is 2. The molecule has 3 rings (SSSR count). The van der Waals surface area contributed by atoms with E-state index in [2.05, 4.69) is 20.6 Å². The van der Waals surface area contributed by atoms with E-state index in [9.17, 15) is 9.59 Å². The smallest absolute Gasteiger partial charge is 0.269 e. The molecular formula is C19H20N4O2. The van der Waals surface area contributed by atoms with Crippen molar-refractivity contribution >= 4 is 22.7 Å². The second-order valence-corrected chi connectivity index (χ2v) is 5.83. The number of hydrogen-bond acceptors (Lipinski definition) is 3. The molecule has 0 fully saturated rings. The molecule has 0 aliphatic rings. The lowest BCUT2D eigenvalue weighted by atomic mass is 10.1. The number of nitrogens with zero attached hydrogens (tertiary/aromatic N) is 1. The van der Waals surface area contributed by atoms with E-state index in [1.807, 2.05) is 26.0 Å². The van der Waals surface area contributed by atoms with Gasteiger partial charge in [0.1, 0.15) is 5.69 Å². The highest BCUT2D eigenvalue weighted by Gasteiger charge is 2.13. The van der Waals surface area contributed by atoms with Gasteiger partial charge in [0.15, 0.2) is 0 Å². The predicted molar refractivity (Wildman–Crippen MR) is 96.7 cm³/mol. The molecule has 2 amide bonds. The van der Waals surface area contributed by atoms with Gasteiger partial charge in [0.25, 0.3) is 11.8 Å². The van der Waals surface area contributed by atoms with Gasteiger partial charge in [0.05, 0.1) is 11.1 Å². The van der Waals surface area contributed by atoms with Crippen LogP contribution in [0.15, 0.2) is 42.6 Å². The first-order valence-corrected chi connectivity index (χ1v) is 8.13. The van der Waals surface area contributed by atoms with Crippen LogP contribution < -0.4 is 10.6 Å². The molecule has 0 saturated carbocycles. The number of pyridine rings is 1. The summed E-state index contributed by atoms with van der Waals surface area (Å²) in [7, 11) is 0. The topological polar surface area (TPSA) is 86.9 Å². The van der Waals surface area contributed by atoms with Crippen LogP contribution in [0.25, 0.3) is 10.9 Å². The first kappa shape index (κ1) is 16.7. The van der Waals surface area contributed by atoms with Crippen LogP contribution in [-0.2, 0) is 0 Å². The highest BCUT2D eigenvalue weighted by atomic mass is 16.2. The number of carbonyl (C=O) groups excluding carboxylic acids is 2. The molecular weight excluding hydrogens is 316 g/mol. The summed E-state index contributed by atoms with van der Waals surface area (Å²) in [6.45, 7) is 4.69. The highest BCUT2D eigenvalue weighted by Crippen LogP contribution is 2.24. The molecule has 3 aromatic rings. The summed E-state index contributed by atoms with van der Waals surface area (Å²) in [5.41, 5.74) is 4.00. The molecule has 1 aromatic carbocycles. The number of aromatic nitrogens is 2. The number of hydrogen-bond donors (Lipinski definition) is 3. The second kappa shape index (κ2) is 7.17. The SMILES string of the molecule is Cc1[nH]c2c(C(=O)NCCNC(=O)c3ccccn3)cccc2c1C. The Morgan fingerprint density at radius 1 is 1.00 bits per heavy atom. The third-order valence-corrected chi connectivity index (χ3v) is 4.18. The number of aromatic amines is 1. The summed E-state index contributed by atoms with van der Waals surface area (Å²) in [5, 5.41) is 6.61. The van der Waals surface area contributed by atoms with E-state index in [1.165, 1.54) is 0 Å². The first-order valence-electron chi connectivity index (χ1n) is 8.13. The second-order valence-electron chi connectivity index (χ2n) is 5.83. The third-order valence-electron chi connectivity index (χ3n) is 4.18. The van der Waals surface area contributed by atoms with Gasteiger partial charge in [-0.05, 0) is 37.6 Å². The van der Waals surface area contributed by atoms with Gasteiger partial charge in [-0.15, -0.1) is 0 Å². The van der Waals surface area contributed by atoms with Gasteiger partial charge in [0, 0.05) is 30.4 Å². The van der Waals surface area contributed by atoms with Crippen LogP contribution in [0.1, 0.15) is 32.1 Å². The molecule has 0 aliphatic heterocycles. The third kappa shape index (κ3) is 3.52. The van der Waals surface area contributed by atoms with E-state index in [-0.39, 0.29) is 11.8 Å². The number of H-pyrrole nitrogens is 1. The lowest BCUT2D eigenvalue weighted by molar-refractivity contribution is 0.0926. The molecule has 0 aliphatic carbocycles. The number of fused-ring (bicyclic) bond motifs is 1. The van der Waals surface area contributed by atoms with Gasteiger partial charge < -0.3 is 15.6 Å². The van der Waals surface area contributed by atoms with Crippen molar-refractivity contribution in [1.29, 1.82) is 0 Å². The molecule has 6 heteroatoms. The summed E-state index contributed by atoms with van der Waals surface area (Å²) < 4.78 is 0. The van der Waals surface area contributed by atoms with E-state index >= 15 is 0 Å². The Morgan fingerprint density at radius 2 is 1.76 bits per heavy atom. The van der Waals surface area contributed by atoms with Gasteiger partial charge in [-0.3, -0.25) is 14.6 Å². The van der Waals surface area contributed by atoms with Crippen molar-refractivity contribution in [1.82, 2.24) is 20.6 Å². The largest absolute Gasteiger partial charge is 0.358 e. The average molecular weight is 336 g/mol. The minimum Gasteiger partial charge on any atom is -0.358 e. The van der Waals surface area contributed by atoms with E-state index < -0.39 is 0 Å². The molecule has 0 saturated heterocycles. The average Bonchev–Trinajstić information content (AvgIpc) is 2.93. The summed E-state index contributed by atoms with van der Waals surface area (Å²) in [4.78, 5) is 31.6. The predicted octanol–water partition coefficient (Wildman–Crippen LogP) is 2.34. The minimum absolute atomic E-state index is 0.168. The van der Waals surface area contributed by atoms with Crippen LogP contribution in [0, 0.1) is 13.8 Å². The molecule has 2 heterocycles. The summed E-state index contributed by atoms with van der Waals surface area (Å²) in [6, 6.07) is 10.8. The zero-order chi connectivity index (χ0) is 17.8. The van der Waals surface area contributed by atoms with E-state index in [0.29, 0.717) is 24.3 Å². The zero-order valence-corrected chi connectivity index (χ0v) is 14.2. The van der Waals surface area contributed by atoms with Crippen molar-refractivity contribution in [3.8, 4) is 0 Å². The van der Waals surface area contributed by atoms with Crippen LogP contribution in [0.5, 0.6) is 0 Å². The van der Waals surface area contributed by atoms with E-state index in [0.717, 1.165) is 22.2 Å². The standard InChI is InChI=1S/C19H20N4O2/c1-12-13(2)23-17-14(12)6-5-7-15(17)18(24)21-10-11-22-19(25)16-8-3-4-9-20-16/h3-9,23H,10-11H2,1-2H3,(H,21,24)(H,22,25). The van der Waals surface area contributed by atoms with Gasteiger partial charge in [-0.25, -0.2) is 0 Å². The maximum Gasteiger partial charge on any atom is 0.269 e. The van der Waals surface area contributed by atoms with E-state index in [1.54, 1.807) is 30.5 Å². The Labute approximate surface area is 145 Å². The first-order chi connectivity index (χ1) is 12.1. The van der Waals surface area contributed by atoms with Gasteiger partial charge in [-0.2, -0.15) is 0 Å². The number of rotatable bonds is 5. The Hall–Kier alpha value is -3.15. The zero-order valence-electron chi connectivity index (χ0n) is 14.2. The number of benzene rings is 1. The van der Waals surface area contributed by atoms with Crippen molar-refractivity contribution in [2.24, 2.45) is 0 Å². The Kier molecular flexibility index (Phi) is 4.79. The Bertz CT molecular complexity index is 916. The lowest BCUT2D eigenvalue weighted by Gasteiger charge is -2.08. The maximum absolute atomic E-state index is 12.4. The Morgan fingerprint density at radius 3 is 2.48 bits per heavy atom. The number of para-hydroxylation sites is 1. The molecule has 0 bridgehead atoms. The lowest BCUT2D eigenvalue weighted by Crippen LogP contribution is -2.35. The minimum atomic E-state index is -0.257. The normalized spacial score (nSPS) is 10.6. The van der Waals surface area contributed by atoms with Crippen LogP contribution in [-0.4, -0.2) is 34.9 Å². The van der Waals surface area contributed by atoms with Crippen molar-refractivity contribution in [3.63, 3.8) is 0 Å². The molecule has 25 heavy (non-hydrogen) atoms. The van der Waals surface area contributed by atoms with Crippen LogP contribution >= 0.6 is 0 Å². The summed E-state index contributed by atoms with van der Waals surface area (Å²) in [6.07, 6.45) is 1.57. The van der Waals surface area contributed by atoms with Crippen molar-refractivity contribution in [3.05, 3.63) is 65.1 Å². The van der Waals surface area contributed by atoms with Gasteiger partial charge >= 0.3 is 0 Å². The quantitative estimate of drug-likeness (QED) is 0.625. The number of aryl methyl sites for hydroxylation is 2. The van der Waals surface area contributed by atoms with Crippen molar-refractivity contribution < 1.29 is 9.59 Å². The maximum atomic E-state index is 12.4. The fraction of sp³-hybridized carbons (Fsp3) is 0.211. The molecule has 0 atom stereocenters. The molecule has 2 aromatic heterocycles. The van der Waals surface area contributed by atoms with Crippen LogP contribution in [0.2, 0.25) is 0 Å². The molecule has 128 valence electrons. The fourth-order valence-corrected chi connectivity index (χ4v) is 2.71. The number of nitrogens with one attached hydrogen (secondary N) is 3. The number of amides is 2. The molecule has 6 nitrogen and oxygen atoms in total. The van der Waals surface area contributed by atoms with Crippen molar-refractivity contribution in [2.75, 3.05) is 13.1 Å². The highest BCUT2D eigenvalue weighted by molar-refractivity contribution is 6.06.